The molecular formula is C17H16N2O3S. The summed E-state index contributed by atoms with van der Waals surface area (Å²) < 4.78 is 0. The number of amides is 1. The van der Waals surface area contributed by atoms with Gasteiger partial charge in [0, 0.05) is 17.8 Å². The van der Waals surface area contributed by atoms with E-state index < -0.39 is 4.92 Å². The number of anilines is 1. The monoisotopic (exact) mass is 328 g/mol. The van der Waals surface area contributed by atoms with Gasteiger partial charge in [-0.15, -0.1) is 11.8 Å². The zero-order valence-corrected chi connectivity index (χ0v) is 13.7. The molecule has 3 rings (SSSR count). The molecule has 1 heterocycles. The molecule has 118 valence electrons. The van der Waals surface area contributed by atoms with Crippen molar-refractivity contribution in [2.75, 3.05) is 10.7 Å². The van der Waals surface area contributed by atoms with Crippen LogP contribution in [0.5, 0.6) is 0 Å². The van der Waals surface area contributed by atoms with E-state index in [4.69, 9.17) is 0 Å². The molecule has 0 radical (unpaired) electrons. The summed E-state index contributed by atoms with van der Waals surface area (Å²) in [6.45, 7) is 4.01. The molecule has 2 aromatic carbocycles. The van der Waals surface area contributed by atoms with Crippen LogP contribution in [0.15, 0.2) is 42.5 Å². The van der Waals surface area contributed by atoms with E-state index in [0.717, 1.165) is 22.4 Å². The summed E-state index contributed by atoms with van der Waals surface area (Å²) in [6, 6.07) is 12.5. The molecule has 0 bridgehead atoms. The number of nitro groups is 1. The standard InChI is InChI=1S/C17H16N2O3S/c1-11-7-12(2)9-15(8-11)18-16(20)10-23-17(18)13-3-5-14(6-4-13)19(21)22/h3-9,17H,10H2,1-2H3/t17-/m1/s1. The van der Waals surface area contributed by atoms with Gasteiger partial charge in [-0.25, -0.2) is 0 Å². The lowest BCUT2D eigenvalue weighted by Gasteiger charge is -2.25. The first-order valence-electron chi connectivity index (χ1n) is 7.22. The van der Waals surface area contributed by atoms with Crippen molar-refractivity contribution < 1.29 is 9.72 Å². The summed E-state index contributed by atoms with van der Waals surface area (Å²) in [5.74, 6) is 0.470. The molecule has 0 saturated carbocycles. The summed E-state index contributed by atoms with van der Waals surface area (Å²) in [6.07, 6.45) is 0. The Balaban J connectivity index is 1.97. The fourth-order valence-electron chi connectivity index (χ4n) is 2.80. The Bertz CT molecular complexity index is 754. The molecule has 2 aromatic rings. The molecule has 0 unspecified atom stereocenters. The highest BCUT2D eigenvalue weighted by atomic mass is 32.2. The number of thioether (sulfide) groups is 1. The average Bonchev–Trinajstić information content (AvgIpc) is 2.88. The quantitative estimate of drug-likeness (QED) is 0.631. The van der Waals surface area contributed by atoms with Crippen molar-refractivity contribution in [1.29, 1.82) is 0 Å². The van der Waals surface area contributed by atoms with Gasteiger partial charge in [-0.1, -0.05) is 6.07 Å². The second-order valence-corrected chi connectivity index (χ2v) is 6.69. The Kier molecular flexibility index (Phi) is 4.09. The Hall–Kier alpha value is -2.34. The number of hydrogen-bond donors (Lipinski definition) is 0. The number of rotatable bonds is 3. The largest absolute Gasteiger partial charge is 0.295 e. The molecular weight excluding hydrogens is 312 g/mol. The van der Waals surface area contributed by atoms with Gasteiger partial charge >= 0.3 is 0 Å². The van der Waals surface area contributed by atoms with Crippen LogP contribution in [0, 0.1) is 24.0 Å². The zero-order valence-electron chi connectivity index (χ0n) is 12.9. The van der Waals surface area contributed by atoms with Crippen LogP contribution in [0.2, 0.25) is 0 Å². The Morgan fingerprint density at radius 3 is 2.30 bits per heavy atom. The van der Waals surface area contributed by atoms with Crippen molar-refractivity contribution in [3.8, 4) is 0 Å². The van der Waals surface area contributed by atoms with Gasteiger partial charge in [0.2, 0.25) is 5.91 Å². The third-order valence-corrected chi connectivity index (χ3v) is 4.95. The molecule has 1 aliphatic heterocycles. The van der Waals surface area contributed by atoms with E-state index >= 15 is 0 Å². The molecule has 1 amide bonds. The van der Waals surface area contributed by atoms with Gasteiger partial charge in [0.25, 0.3) is 5.69 Å². The lowest BCUT2D eigenvalue weighted by molar-refractivity contribution is -0.384. The van der Waals surface area contributed by atoms with Crippen LogP contribution >= 0.6 is 11.8 Å². The molecule has 1 fully saturated rings. The number of nitrogens with zero attached hydrogens (tertiary/aromatic N) is 2. The fraction of sp³-hybridized carbons (Fsp3) is 0.235. The van der Waals surface area contributed by atoms with E-state index in [1.165, 1.54) is 23.9 Å². The first-order chi connectivity index (χ1) is 11.0. The minimum atomic E-state index is -0.418. The maximum absolute atomic E-state index is 12.4. The number of hydrogen-bond acceptors (Lipinski definition) is 4. The number of non-ortho nitro benzene ring substituents is 1. The second-order valence-electron chi connectivity index (χ2n) is 5.62. The topological polar surface area (TPSA) is 63.5 Å². The fourth-order valence-corrected chi connectivity index (χ4v) is 3.98. The summed E-state index contributed by atoms with van der Waals surface area (Å²) in [4.78, 5) is 24.5. The van der Waals surface area contributed by atoms with E-state index in [1.54, 1.807) is 17.0 Å². The molecule has 5 nitrogen and oxygen atoms in total. The molecule has 1 atom stereocenters. The summed E-state index contributed by atoms with van der Waals surface area (Å²) in [5, 5.41) is 10.6. The van der Waals surface area contributed by atoms with Gasteiger partial charge in [0.15, 0.2) is 0 Å². The number of carbonyl (C=O) groups is 1. The Labute approximate surface area is 138 Å². The lowest BCUT2D eigenvalue weighted by Crippen LogP contribution is -2.27. The average molecular weight is 328 g/mol. The summed E-state index contributed by atoms with van der Waals surface area (Å²) in [5.41, 5.74) is 4.03. The van der Waals surface area contributed by atoms with Crippen molar-refractivity contribution >= 4 is 29.0 Å². The number of nitro benzene ring substituents is 1. The van der Waals surface area contributed by atoms with Gasteiger partial charge < -0.3 is 0 Å². The number of carbonyl (C=O) groups excluding carboxylic acids is 1. The third-order valence-electron chi connectivity index (χ3n) is 3.74. The van der Waals surface area contributed by atoms with Gasteiger partial charge in [-0.3, -0.25) is 19.8 Å². The first kappa shape index (κ1) is 15.6. The Morgan fingerprint density at radius 1 is 1.13 bits per heavy atom. The van der Waals surface area contributed by atoms with Crippen LogP contribution in [-0.2, 0) is 4.79 Å². The smallest absolute Gasteiger partial charge is 0.269 e. The van der Waals surface area contributed by atoms with Crippen molar-refractivity contribution in [2.24, 2.45) is 0 Å². The predicted octanol–water partition coefficient (Wildman–Crippen LogP) is 3.99. The molecule has 6 heteroatoms. The maximum Gasteiger partial charge on any atom is 0.269 e. The van der Waals surface area contributed by atoms with Gasteiger partial charge in [-0.2, -0.15) is 0 Å². The first-order valence-corrected chi connectivity index (χ1v) is 8.27. The number of aryl methyl sites for hydroxylation is 2. The normalized spacial score (nSPS) is 17.6. The van der Waals surface area contributed by atoms with Crippen LogP contribution in [0.4, 0.5) is 11.4 Å². The van der Waals surface area contributed by atoms with Gasteiger partial charge in [0.05, 0.1) is 10.7 Å². The zero-order chi connectivity index (χ0) is 16.6. The van der Waals surface area contributed by atoms with Crippen molar-refractivity contribution in [3.63, 3.8) is 0 Å². The minimum Gasteiger partial charge on any atom is -0.295 e. The van der Waals surface area contributed by atoms with E-state index in [9.17, 15) is 14.9 Å². The van der Waals surface area contributed by atoms with Crippen LogP contribution in [-0.4, -0.2) is 16.6 Å². The molecule has 0 aromatic heterocycles. The van der Waals surface area contributed by atoms with Crippen LogP contribution in [0.25, 0.3) is 0 Å². The highest BCUT2D eigenvalue weighted by Crippen LogP contribution is 2.42. The minimum absolute atomic E-state index is 0.0565. The van der Waals surface area contributed by atoms with E-state index in [-0.39, 0.29) is 17.0 Å². The highest BCUT2D eigenvalue weighted by Gasteiger charge is 2.34. The Morgan fingerprint density at radius 2 is 1.74 bits per heavy atom. The van der Waals surface area contributed by atoms with E-state index in [2.05, 4.69) is 6.07 Å². The molecule has 1 saturated heterocycles. The molecule has 0 N–H and O–H groups in total. The molecule has 0 spiro atoms. The van der Waals surface area contributed by atoms with Crippen molar-refractivity contribution in [2.45, 2.75) is 19.2 Å². The molecule has 23 heavy (non-hydrogen) atoms. The molecule has 0 aliphatic carbocycles. The maximum atomic E-state index is 12.4. The van der Waals surface area contributed by atoms with E-state index in [1.807, 2.05) is 26.0 Å². The third kappa shape index (κ3) is 3.07. The SMILES string of the molecule is Cc1cc(C)cc(N2C(=O)CS[C@@H]2c2ccc([N+](=O)[O-])cc2)c1. The van der Waals surface area contributed by atoms with Crippen LogP contribution in [0.3, 0.4) is 0 Å². The molecule has 1 aliphatic rings. The van der Waals surface area contributed by atoms with Crippen molar-refractivity contribution in [1.82, 2.24) is 0 Å². The van der Waals surface area contributed by atoms with Crippen LogP contribution in [0.1, 0.15) is 22.1 Å². The predicted molar refractivity (Wildman–Crippen MR) is 91.7 cm³/mol. The van der Waals surface area contributed by atoms with Crippen molar-refractivity contribution in [3.05, 3.63) is 69.3 Å². The van der Waals surface area contributed by atoms with E-state index in [0.29, 0.717) is 5.75 Å². The van der Waals surface area contributed by atoms with Gasteiger partial charge in [0.1, 0.15) is 5.37 Å². The highest BCUT2D eigenvalue weighted by molar-refractivity contribution is 8.00. The van der Waals surface area contributed by atoms with Crippen LogP contribution < -0.4 is 4.90 Å². The van der Waals surface area contributed by atoms with Gasteiger partial charge in [-0.05, 0) is 54.8 Å². The summed E-state index contributed by atoms with van der Waals surface area (Å²) in [7, 11) is 0. The lowest BCUT2D eigenvalue weighted by atomic mass is 10.1. The second kappa shape index (κ2) is 6.04. The summed E-state index contributed by atoms with van der Waals surface area (Å²) >= 11 is 1.54. The number of benzene rings is 2.